The molecule has 0 fully saturated rings. The molecule has 2 N–H and O–H groups in total. The predicted molar refractivity (Wildman–Crippen MR) is 186 cm³/mol. The summed E-state index contributed by atoms with van der Waals surface area (Å²) in [5, 5.41) is 9.97. The minimum atomic E-state index is -3.79. The van der Waals surface area contributed by atoms with E-state index < -0.39 is 10.0 Å². The molecular weight excluding hydrogens is 629 g/mol. The number of nitrogens with zero attached hydrogens (tertiary/aromatic N) is 3. The smallest absolute Gasteiger partial charge is 0.243 e. The number of anilines is 2. The Morgan fingerprint density at radius 1 is 0.733 bits per heavy atom. The molecule has 0 amide bonds. The first-order chi connectivity index (χ1) is 21.5. The maximum absolute atomic E-state index is 13.9. The summed E-state index contributed by atoms with van der Waals surface area (Å²) in [4.78, 5) is 9.45. The summed E-state index contributed by atoms with van der Waals surface area (Å²) < 4.78 is 34.5. The highest BCUT2D eigenvalue weighted by Crippen LogP contribution is 2.31. The van der Waals surface area contributed by atoms with Crippen molar-refractivity contribution in [3.05, 3.63) is 93.2 Å². The number of rotatable bonds is 12. The number of ether oxygens (including phenoxy) is 1. The first kappa shape index (κ1) is 32.8. The number of nitrogens with one attached hydrogen (secondary N) is 2. The first-order valence-electron chi connectivity index (χ1n) is 14.7. The molecule has 0 spiro atoms. The Bertz CT molecular complexity index is 1970. The normalized spacial score (nSPS) is 11.8. The van der Waals surface area contributed by atoms with E-state index in [0.717, 1.165) is 50.2 Å². The summed E-state index contributed by atoms with van der Waals surface area (Å²) in [6.45, 7) is 9.33. The van der Waals surface area contributed by atoms with Gasteiger partial charge in [0.15, 0.2) is 0 Å². The number of fused-ring (bicyclic) bond motifs is 2. The van der Waals surface area contributed by atoms with Crippen LogP contribution < -0.4 is 15.4 Å². The molecule has 0 unspecified atom stereocenters. The van der Waals surface area contributed by atoms with Gasteiger partial charge in [0.25, 0.3) is 0 Å². The maximum Gasteiger partial charge on any atom is 0.243 e. The quantitative estimate of drug-likeness (QED) is 0.131. The Morgan fingerprint density at radius 2 is 1.24 bits per heavy atom. The number of hydrogen-bond acceptors (Lipinski definition) is 7. The molecule has 236 valence electrons. The lowest BCUT2D eigenvalue weighted by Crippen LogP contribution is -2.36. The molecule has 0 bridgehead atoms. The molecule has 0 saturated carbocycles. The van der Waals surface area contributed by atoms with E-state index in [9.17, 15) is 8.42 Å². The van der Waals surface area contributed by atoms with Crippen LogP contribution >= 0.6 is 23.2 Å². The Balaban J connectivity index is 1.35. The Hall–Kier alpha value is -3.63. The molecule has 5 rings (SSSR count). The van der Waals surface area contributed by atoms with Gasteiger partial charge in [0.05, 0.1) is 33.1 Å². The number of aromatic nitrogens is 2. The fourth-order valence-corrected chi connectivity index (χ4v) is 7.54. The minimum absolute atomic E-state index is 0.213. The third-order valence-electron chi connectivity index (χ3n) is 7.55. The first-order valence-corrected chi connectivity index (χ1v) is 16.9. The summed E-state index contributed by atoms with van der Waals surface area (Å²) in [6, 6.07) is 18.3. The number of pyridine rings is 2. The van der Waals surface area contributed by atoms with Gasteiger partial charge in [0, 0.05) is 59.7 Å². The standard InChI is InChI=1S/C34H37Cl2N5O3S/c1-21-15-27-31(19-23(3)39-33(27)29(35)17-21)37-11-6-13-41(45(42,43)26-9-7-25(44-5)8-10-26)14-12-38-32-20-24(4)40-34-28(32)16-22(2)18-30(34)36/h7-10,15-20H,6,11-14H2,1-5H3,(H,37,39)(H,38,40). The van der Waals surface area contributed by atoms with Gasteiger partial charge in [0.1, 0.15) is 5.75 Å². The molecule has 5 aromatic rings. The second-order valence-corrected chi connectivity index (χ2v) is 13.9. The molecule has 2 aromatic heterocycles. The predicted octanol–water partition coefficient (Wildman–Crippen LogP) is 7.94. The zero-order valence-electron chi connectivity index (χ0n) is 26.0. The Morgan fingerprint density at radius 3 is 1.76 bits per heavy atom. The lowest BCUT2D eigenvalue weighted by molar-refractivity contribution is 0.412. The molecular formula is C34H37Cl2N5O3S. The lowest BCUT2D eigenvalue weighted by Gasteiger charge is -2.23. The van der Waals surface area contributed by atoms with Crippen LogP contribution in [-0.4, -0.2) is 56.0 Å². The molecule has 3 aromatic carbocycles. The number of sulfonamides is 1. The summed E-state index contributed by atoms with van der Waals surface area (Å²) in [5.74, 6) is 0.593. The van der Waals surface area contributed by atoms with Gasteiger partial charge in [-0.1, -0.05) is 23.2 Å². The van der Waals surface area contributed by atoms with Crippen molar-refractivity contribution < 1.29 is 13.2 Å². The minimum Gasteiger partial charge on any atom is -0.497 e. The van der Waals surface area contributed by atoms with Crippen molar-refractivity contribution in [1.29, 1.82) is 0 Å². The highest BCUT2D eigenvalue weighted by molar-refractivity contribution is 7.89. The highest BCUT2D eigenvalue weighted by atomic mass is 35.5. The van der Waals surface area contributed by atoms with Crippen LogP contribution in [0.2, 0.25) is 10.0 Å². The molecule has 0 aliphatic rings. The van der Waals surface area contributed by atoms with Gasteiger partial charge in [-0.25, -0.2) is 8.42 Å². The molecule has 2 heterocycles. The van der Waals surface area contributed by atoms with Crippen molar-refractivity contribution in [2.45, 2.75) is 39.0 Å². The van der Waals surface area contributed by atoms with Gasteiger partial charge >= 0.3 is 0 Å². The second-order valence-electron chi connectivity index (χ2n) is 11.2. The fourth-order valence-electron chi connectivity index (χ4n) is 5.43. The van der Waals surface area contributed by atoms with Gasteiger partial charge in [0.2, 0.25) is 10.0 Å². The van der Waals surface area contributed by atoms with E-state index in [0.29, 0.717) is 47.4 Å². The molecule has 8 nitrogen and oxygen atoms in total. The molecule has 0 saturated heterocycles. The van der Waals surface area contributed by atoms with E-state index in [1.165, 1.54) is 4.31 Å². The summed E-state index contributed by atoms with van der Waals surface area (Å²) in [5.41, 5.74) is 6.97. The average molecular weight is 667 g/mol. The molecule has 45 heavy (non-hydrogen) atoms. The zero-order chi connectivity index (χ0) is 32.3. The maximum atomic E-state index is 13.9. The largest absolute Gasteiger partial charge is 0.497 e. The topological polar surface area (TPSA) is 96.5 Å². The van der Waals surface area contributed by atoms with E-state index in [4.69, 9.17) is 27.9 Å². The third kappa shape index (κ3) is 7.44. The number of methoxy groups -OCH3 is 1. The van der Waals surface area contributed by atoms with Crippen LogP contribution in [0.15, 0.2) is 65.6 Å². The van der Waals surface area contributed by atoms with Crippen molar-refractivity contribution in [2.75, 3.05) is 43.9 Å². The van der Waals surface area contributed by atoms with Crippen molar-refractivity contribution in [3.63, 3.8) is 0 Å². The van der Waals surface area contributed by atoms with E-state index in [2.05, 4.69) is 26.7 Å². The third-order valence-corrected chi connectivity index (χ3v) is 10.0. The van der Waals surface area contributed by atoms with Crippen LogP contribution in [0.5, 0.6) is 5.75 Å². The average Bonchev–Trinajstić information content (AvgIpc) is 2.99. The Labute approximate surface area is 274 Å². The lowest BCUT2D eigenvalue weighted by atomic mass is 10.1. The van der Waals surface area contributed by atoms with Gasteiger partial charge in [-0.15, -0.1) is 0 Å². The Kier molecular flexibility index (Phi) is 10.0. The van der Waals surface area contributed by atoms with Crippen molar-refractivity contribution in [2.24, 2.45) is 0 Å². The summed E-state index contributed by atoms with van der Waals surface area (Å²) in [6.07, 6.45) is 0.573. The molecule has 0 aliphatic heterocycles. The van der Waals surface area contributed by atoms with Crippen molar-refractivity contribution in [1.82, 2.24) is 14.3 Å². The fraction of sp³-hybridized carbons (Fsp3) is 0.294. The van der Waals surface area contributed by atoms with Gasteiger partial charge < -0.3 is 15.4 Å². The summed E-state index contributed by atoms with van der Waals surface area (Å²) in [7, 11) is -2.24. The van der Waals surface area contributed by atoms with Crippen LogP contribution in [-0.2, 0) is 10.0 Å². The van der Waals surface area contributed by atoms with Gasteiger partial charge in [-0.05, 0) is 106 Å². The van der Waals surface area contributed by atoms with Crippen LogP contribution in [0.25, 0.3) is 21.8 Å². The van der Waals surface area contributed by atoms with E-state index in [-0.39, 0.29) is 11.4 Å². The van der Waals surface area contributed by atoms with E-state index in [1.54, 1.807) is 31.4 Å². The van der Waals surface area contributed by atoms with Crippen LogP contribution in [0.4, 0.5) is 11.4 Å². The number of benzene rings is 3. The van der Waals surface area contributed by atoms with E-state index >= 15 is 0 Å². The monoisotopic (exact) mass is 665 g/mol. The van der Waals surface area contributed by atoms with E-state index in [1.807, 2.05) is 58.0 Å². The zero-order valence-corrected chi connectivity index (χ0v) is 28.4. The molecule has 0 atom stereocenters. The molecule has 11 heteroatoms. The van der Waals surface area contributed by atoms with Crippen molar-refractivity contribution >= 4 is 66.4 Å². The number of halogens is 2. The number of aryl methyl sites for hydroxylation is 4. The molecule has 0 radical (unpaired) electrons. The van der Waals surface area contributed by atoms with Gasteiger partial charge in [-0.3, -0.25) is 9.97 Å². The number of hydrogen-bond donors (Lipinski definition) is 2. The van der Waals surface area contributed by atoms with Crippen LogP contribution in [0, 0.1) is 27.7 Å². The van der Waals surface area contributed by atoms with Gasteiger partial charge in [-0.2, -0.15) is 4.31 Å². The molecule has 0 aliphatic carbocycles. The van der Waals surface area contributed by atoms with Crippen molar-refractivity contribution in [3.8, 4) is 5.75 Å². The second kappa shape index (κ2) is 13.8. The highest BCUT2D eigenvalue weighted by Gasteiger charge is 2.24. The van der Waals surface area contributed by atoms with Crippen LogP contribution in [0.1, 0.15) is 28.9 Å². The summed E-state index contributed by atoms with van der Waals surface area (Å²) >= 11 is 13.0. The SMILES string of the molecule is COc1ccc(S(=O)(=O)N(CCCNc2cc(C)nc3c(Cl)cc(C)cc23)CCNc2cc(C)nc3c(Cl)cc(C)cc23)cc1. The van der Waals surface area contributed by atoms with Crippen LogP contribution in [0.3, 0.4) is 0 Å².